The van der Waals surface area contributed by atoms with Crippen LogP contribution in [0.15, 0.2) is 48.1 Å². The van der Waals surface area contributed by atoms with Crippen LogP contribution in [0.4, 0.5) is 0 Å². The van der Waals surface area contributed by atoms with Gasteiger partial charge in [0, 0.05) is 31.2 Å². The molecule has 1 radical (unpaired) electrons. The predicted molar refractivity (Wildman–Crippen MR) is 87.7 cm³/mol. The maximum absolute atomic E-state index is 8.63. The quantitative estimate of drug-likeness (QED) is 0.540. The molecule has 1 aromatic rings. The van der Waals surface area contributed by atoms with Crippen LogP contribution in [0.25, 0.3) is 0 Å². The summed E-state index contributed by atoms with van der Waals surface area (Å²) < 4.78 is 0. The first kappa shape index (κ1) is 27.4. The van der Waals surface area contributed by atoms with Crippen molar-refractivity contribution in [1.29, 1.82) is 0 Å². The fourth-order valence-corrected chi connectivity index (χ4v) is 0.943. The Balaban J connectivity index is -0.0000000877. The monoisotopic (exact) mass is 352 g/mol. The number of aromatic hydroxyl groups is 1. The normalized spacial score (nSPS) is 9.95. The molecule has 1 aromatic carbocycles. The maximum atomic E-state index is 8.63. The Morgan fingerprint density at radius 1 is 1.11 bits per heavy atom. The van der Waals surface area contributed by atoms with E-state index in [1.807, 2.05) is 6.07 Å². The third-order valence-corrected chi connectivity index (χ3v) is 1.62. The van der Waals surface area contributed by atoms with Gasteiger partial charge in [0.15, 0.2) is 0 Å². The SMILES string of the molecule is CC1=[C-]CC=C1.C[SiH]C.Cl.Cl.Oc1ccccc1.[Ti]. The maximum Gasteiger partial charge on any atom is 0.115 e. The zero-order chi connectivity index (χ0) is 12.2. The number of para-hydroxylation sites is 1. The smallest absolute Gasteiger partial charge is 0.115 e. The number of phenols is 1. The minimum atomic E-state index is 0. The minimum absolute atomic E-state index is 0. The van der Waals surface area contributed by atoms with Crippen molar-refractivity contribution in [3.05, 3.63) is 54.1 Å². The molecule has 0 saturated heterocycles. The summed E-state index contributed by atoms with van der Waals surface area (Å²) in [5, 5.41) is 8.63. The molecule has 0 aliphatic heterocycles. The van der Waals surface area contributed by atoms with E-state index in [9.17, 15) is 0 Å². The van der Waals surface area contributed by atoms with Crippen LogP contribution in [0.2, 0.25) is 13.1 Å². The van der Waals surface area contributed by atoms with Crippen molar-refractivity contribution in [2.45, 2.75) is 26.4 Å². The summed E-state index contributed by atoms with van der Waals surface area (Å²) in [5.74, 6) is 0.322. The fourth-order valence-electron chi connectivity index (χ4n) is 0.943. The molecule has 0 atom stereocenters. The van der Waals surface area contributed by atoms with Gasteiger partial charge in [0.2, 0.25) is 0 Å². The number of hydrogen-bond acceptors (Lipinski definition) is 1. The van der Waals surface area contributed by atoms with Crippen molar-refractivity contribution >= 4 is 34.3 Å². The van der Waals surface area contributed by atoms with Gasteiger partial charge in [0.1, 0.15) is 5.75 Å². The molecule has 1 aliphatic carbocycles. The molecular weight excluding hydrogens is 331 g/mol. The zero-order valence-corrected chi connectivity index (χ0v) is 15.9. The van der Waals surface area contributed by atoms with E-state index in [4.69, 9.17) is 5.11 Å². The van der Waals surface area contributed by atoms with Gasteiger partial charge < -0.3 is 5.11 Å². The van der Waals surface area contributed by atoms with E-state index in [1.54, 1.807) is 24.3 Å². The second-order valence-corrected chi connectivity index (χ2v) is 4.53. The largest absolute Gasteiger partial charge is 0.508 e. The fraction of sp³-hybridized carbons (Fsp3) is 0.286. The number of allylic oxidation sites excluding steroid dienone is 4. The van der Waals surface area contributed by atoms with Crippen LogP contribution in [0.5, 0.6) is 5.75 Å². The van der Waals surface area contributed by atoms with E-state index in [0.29, 0.717) is 5.75 Å². The van der Waals surface area contributed by atoms with Gasteiger partial charge in [-0.05, 0) is 12.1 Å². The van der Waals surface area contributed by atoms with Crippen molar-refractivity contribution in [3.8, 4) is 5.75 Å². The van der Waals surface area contributed by atoms with E-state index in [0.717, 1.165) is 15.9 Å². The molecule has 1 nitrogen and oxygen atoms in total. The average molecular weight is 353 g/mol. The summed E-state index contributed by atoms with van der Waals surface area (Å²) in [6.07, 6.45) is 8.33. The summed E-state index contributed by atoms with van der Waals surface area (Å²) in [4.78, 5) is 0. The Labute approximate surface area is 147 Å². The molecule has 1 aliphatic rings. The Morgan fingerprint density at radius 3 is 1.74 bits per heavy atom. The molecule has 19 heavy (non-hydrogen) atoms. The van der Waals surface area contributed by atoms with Gasteiger partial charge in [-0.2, -0.15) is 6.08 Å². The zero-order valence-electron chi connectivity index (χ0n) is 11.6. The van der Waals surface area contributed by atoms with Crippen LogP contribution in [0.3, 0.4) is 0 Å². The van der Waals surface area contributed by atoms with Gasteiger partial charge in [0.25, 0.3) is 0 Å². The minimum Gasteiger partial charge on any atom is -0.508 e. The molecule has 0 fully saturated rings. The average Bonchev–Trinajstić information content (AvgIpc) is 2.72. The molecule has 0 saturated carbocycles. The molecule has 0 bridgehead atoms. The van der Waals surface area contributed by atoms with E-state index in [1.165, 1.54) is 5.57 Å². The number of halogens is 2. The standard InChI is InChI=1S/C6H6O.C6H7.C2H7Si.2ClH.Ti/c7-6-4-2-1-3-5-6;1-6-4-2-3-5-6;1-3-2;;;/h1-5,7H;2,4H,3H2,1H3;3H,1-2H3;2*1H;/q;-1;;;;. The van der Waals surface area contributed by atoms with Crippen LogP contribution >= 0.6 is 24.8 Å². The molecule has 5 heteroatoms. The van der Waals surface area contributed by atoms with Crippen molar-refractivity contribution in [2.24, 2.45) is 0 Å². The first-order valence-corrected chi connectivity index (χ1v) is 7.73. The van der Waals surface area contributed by atoms with Crippen LogP contribution in [-0.4, -0.2) is 14.6 Å². The predicted octanol–water partition coefficient (Wildman–Crippen LogP) is 4.45. The Morgan fingerprint density at radius 2 is 1.58 bits per heavy atom. The van der Waals surface area contributed by atoms with Crippen molar-refractivity contribution in [3.63, 3.8) is 0 Å². The molecule has 107 valence electrons. The van der Waals surface area contributed by atoms with E-state index < -0.39 is 0 Å². The van der Waals surface area contributed by atoms with Gasteiger partial charge in [-0.15, -0.1) is 31.2 Å². The van der Waals surface area contributed by atoms with Crippen molar-refractivity contribution in [1.82, 2.24) is 0 Å². The Bertz CT molecular complexity index is 327. The molecule has 0 spiro atoms. The number of hydrogen-bond donors (Lipinski definition) is 1. The van der Waals surface area contributed by atoms with Crippen LogP contribution < -0.4 is 0 Å². The molecule has 0 aromatic heterocycles. The summed E-state index contributed by atoms with van der Waals surface area (Å²) in [6.45, 7) is 6.48. The van der Waals surface area contributed by atoms with Gasteiger partial charge in [-0.1, -0.05) is 38.2 Å². The van der Waals surface area contributed by atoms with Gasteiger partial charge in [-0.25, -0.2) is 11.6 Å². The topological polar surface area (TPSA) is 20.2 Å². The number of rotatable bonds is 0. The summed E-state index contributed by atoms with van der Waals surface area (Å²) in [5.41, 5.74) is 1.27. The third kappa shape index (κ3) is 20.5. The molecule has 0 unspecified atom stereocenters. The molecule has 2 rings (SSSR count). The second-order valence-electron chi connectivity index (χ2n) is 3.38. The van der Waals surface area contributed by atoms with Crippen molar-refractivity contribution in [2.75, 3.05) is 0 Å². The van der Waals surface area contributed by atoms with E-state index in [-0.39, 0.29) is 46.5 Å². The third-order valence-electron chi connectivity index (χ3n) is 1.62. The van der Waals surface area contributed by atoms with Gasteiger partial charge >= 0.3 is 0 Å². The van der Waals surface area contributed by atoms with Crippen molar-refractivity contribution < 1.29 is 26.8 Å². The van der Waals surface area contributed by atoms with E-state index in [2.05, 4.69) is 38.2 Å². The molecule has 0 heterocycles. The summed E-state index contributed by atoms with van der Waals surface area (Å²) in [7, 11) is 0.750. The Kier molecular flexibility index (Phi) is 29.3. The molecule has 0 amide bonds. The number of benzene rings is 1. The molecule has 1 N–H and O–H groups in total. The second kappa shape index (κ2) is 20.3. The number of phenolic OH excluding ortho intramolecular Hbond substituents is 1. The Hall–Kier alpha value is 0.0112. The first-order valence-electron chi connectivity index (χ1n) is 5.42. The van der Waals surface area contributed by atoms with Crippen LogP contribution in [-0.2, 0) is 21.7 Å². The molecular formula is C14H22Cl2OSiTi-. The van der Waals surface area contributed by atoms with E-state index >= 15 is 0 Å². The summed E-state index contributed by atoms with van der Waals surface area (Å²) in [6, 6.07) is 8.71. The van der Waals surface area contributed by atoms with Crippen LogP contribution in [0, 0.1) is 6.08 Å². The van der Waals surface area contributed by atoms with Gasteiger partial charge in [-0.3, -0.25) is 6.08 Å². The first-order chi connectivity index (χ1) is 7.70. The van der Waals surface area contributed by atoms with Gasteiger partial charge in [0.05, 0.1) is 0 Å². The van der Waals surface area contributed by atoms with Crippen LogP contribution in [0.1, 0.15) is 13.3 Å². The summed E-state index contributed by atoms with van der Waals surface area (Å²) >= 11 is 0.